The van der Waals surface area contributed by atoms with Crippen molar-refractivity contribution >= 4 is 45.9 Å². The Hall–Kier alpha value is -7.90. The van der Waals surface area contributed by atoms with Crippen LogP contribution < -0.4 is 21.4 Å². The number of alkyl carbamates (subject to hydrolysis) is 2. The molecule has 0 spiro atoms. The van der Waals surface area contributed by atoms with Crippen LogP contribution in [0, 0.1) is 5.82 Å². The molecule has 0 bridgehead atoms. The van der Waals surface area contributed by atoms with Crippen LogP contribution in [0.1, 0.15) is 92.3 Å². The van der Waals surface area contributed by atoms with Crippen LogP contribution in [0.3, 0.4) is 0 Å². The highest BCUT2D eigenvalue weighted by Crippen LogP contribution is 2.35. The number of carbonyl (C=O) groups excluding carboxylic acids is 4. The van der Waals surface area contributed by atoms with Crippen LogP contribution in [-0.4, -0.2) is 101 Å². The van der Waals surface area contributed by atoms with Gasteiger partial charge in [0.1, 0.15) is 52.9 Å². The molecule has 0 unspecified atom stereocenters. The van der Waals surface area contributed by atoms with Gasteiger partial charge in [-0.15, -0.1) is 0 Å². The van der Waals surface area contributed by atoms with Crippen LogP contribution >= 0.6 is 0 Å². The number of aromatic amines is 2. The third-order valence-corrected chi connectivity index (χ3v) is 13.8. The highest BCUT2D eigenvalue weighted by molar-refractivity contribution is 5.93. The number of H-pyrrole nitrogens is 2. The normalized spacial score (nSPS) is 17.2. The quantitative estimate of drug-likeness (QED) is 0.0455. The van der Waals surface area contributed by atoms with Crippen LogP contribution in [0.5, 0.6) is 0 Å². The zero-order chi connectivity index (χ0) is 51.0. The predicted molar refractivity (Wildman–Crippen MR) is 270 cm³/mol. The number of imidazole rings is 2. The minimum Gasteiger partial charge on any atom is -0.456 e. The van der Waals surface area contributed by atoms with Crippen molar-refractivity contribution in [1.82, 2.24) is 40.8 Å². The maximum atomic E-state index is 15.9. The fraction of sp³-hybridized carbons (Fsp3) is 0.364. The van der Waals surface area contributed by atoms with Crippen molar-refractivity contribution in [3.8, 4) is 22.5 Å². The van der Waals surface area contributed by atoms with E-state index in [1.54, 1.807) is 65.7 Å². The molecule has 0 aliphatic carbocycles. The van der Waals surface area contributed by atoms with E-state index >= 15 is 4.39 Å². The average Bonchev–Trinajstić information content (AvgIpc) is 4.23. The third-order valence-electron chi connectivity index (χ3n) is 13.8. The number of hydrogen-bond donors (Lipinski definition) is 5. The van der Waals surface area contributed by atoms with Gasteiger partial charge in [0.2, 0.25) is 11.3 Å². The molecule has 384 valence electrons. The Labute approximate surface area is 424 Å². The van der Waals surface area contributed by atoms with Crippen LogP contribution in [0.25, 0.3) is 44.5 Å². The lowest BCUT2D eigenvalue weighted by Gasteiger charge is -2.29. The number of aromatic nitrogens is 4. The smallest absolute Gasteiger partial charge is 0.408 e. The number of aryl methyl sites for hydroxylation is 1. The molecule has 74 heavy (non-hydrogen) atoms. The zero-order valence-corrected chi connectivity index (χ0v) is 40.6. The second-order valence-corrected chi connectivity index (χ2v) is 18.7. The van der Waals surface area contributed by atoms with Gasteiger partial charge in [-0.3, -0.25) is 14.4 Å². The number of carbonyl (C=O) groups is 4. The number of likely N-dealkylation sites (tertiary alicyclic amines) is 1. The van der Waals surface area contributed by atoms with Gasteiger partial charge in [-0.2, -0.15) is 0 Å². The maximum Gasteiger partial charge on any atom is 0.408 e. The van der Waals surface area contributed by atoms with Crippen molar-refractivity contribution in [2.45, 2.75) is 88.1 Å². The van der Waals surface area contributed by atoms with E-state index in [9.17, 15) is 24.0 Å². The number of rotatable bonds is 16. The van der Waals surface area contributed by atoms with Crippen molar-refractivity contribution in [3.05, 3.63) is 142 Å². The Morgan fingerprint density at radius 3 is 2.04 bits per heavy atom. The van der Waals surface area contributed by atoms with Crippen LogP contribution in [-0.2, 0) is 35.0 Å². The Morgan fingerprint density at radius 1 is 0.716 bits per heavy atom. The summed E-state index contributed by atoms with van der Waals surface area (Å²) in [5.74, 6) is -0.112. The van der Waals surface area contributed by atoms with Crippen molar-refractivity contribution in [2.24, 2.45) is 0 Å². The summed E-state index contributed by atoms with van der Waals surface area (Å²) in [4.78, 5) is 85.0. The lowest BCUT2D eigenvalue weighted by Crippen LogP contribution is -2.44. The summed E-state index contributed by atoms with van der Waals surface area (Å²) in [6.07, 6.45) is 6.81. The molecule has 10 rings (SSSR count). The molecule has 3 atom stereocenters. The van der Waals surface area contributed by atoms with Gasteiger partial charge in [0.25, 0.3) is 5.91 Å². The van der Waals surface area contributed by atoms with E-state index in [0.717, 1.165) is 6.42 Å². The number of nitrogens with one attached hydrogen (secondary N) is 5. The molecule has 3 aliphatic rings. The first-order valence-corrected chi connectivity index (χ1v) is 25.2. The van der Waals surface area contributed by atoms with Gasteiger partial charge < -0.3 is 54.2 Å². The molecule has 6 heterocycles. The number of halogens is 1. The maximum absolute atomic E-state index is 15.9. The Morgan fingerprint density at radius 2 is 1.35 bits per heavy atom. The molecule has 0 radical (unpaired) electrons. The van der Waals surface area contributed by atoms with Crippen molar-refractivity contribution in [2.75, 3.05) is 39.5 Å². The SMILES string of the molecule is O=C(N[C@@H](C(=O)NCCCCc1ncc(-c2cc3oc4ccc(-c5cnc([C@@H]6CCCN6C(=O)[C@H](NC(=O)OC6CCOCC6)c6ccccc6)[nH]5)cc4c(=O)c3cc2F)[nH]1)c1ccccc1)OC1CCOCC1. The molecule has 3 aliphatic heterocycles. The Bertz CT molecular complexity index is 3170. The van der Waals surface area contributed by atoms with Gasteiger partial charge in [-0.05, 0) is 67.1 Å². The number of nitrogens with zero attached hydrogens (tertiary/aromatic N) is 3. The van der Waals surface area contributed by atoms with Gasteiger partial charge in [0.15, 0.2) is 0 Å². The Kier molecular flexibility index (Phi) is 15.4. The topological polar surface area (TPSA) is 232 Å². The number of ether oxygens (including phenoxy) is 4. The van der Waals surface area contributed by atoms with E-state index in [2.05, 4.69) is 35.9 Å². The highest BCUT2D eigenvalue weighted by atomic mass is 19.1. The van der Waals surface area contributed by atoms with E-state index in [4.69, 9.17) is 23.4 Å². The molecule has 4 aromatic carbocycles. The predicted octanol–water partition coefficient (Wildman–Crippen LogP) is 8.26. The van der Waals surface area contributed by atoms with Crippen LogP contribution in [0.4, 0.5) is 14.0 Å². The van der Waals surface area contributed by atoms with Crippen LogP contribution in [0.2, 0.25) is 0 Å². The fourth-order valence-electron chi connectivity index (χ4n) is 9.81. The zero-order valence-electron chi connectivity index (χ0n) is 40.6. The van der Waals surface area contributed by atoms with Crippen molar-refractivity contribution in [3.63, 3.8) is 0 Å². The minimum absolute atomic E-state index is 0.0715. The van der Waals surface area contributed by atoms with Gasteiger partial charge in [0.05, 0.1) is 67.0 Å². The fourth-order valence-corrected chi connectivity index (χ4v) is 9.81. The molecule has 7 aromatic rings. The summed E-state index contributed by atoms with van der Waals surface area (Å²) in [5, 5.41) is 8.79. The number of unbranched alkanes of at least 4 members (excludes halogenated alkanes) is 1. The molecule has 3 fully saturated rings. The number of benzene rings is 4. The standard InChI is InChI=1S/C55H57FN8O10/c56-41-29-40-46(30-38(41)43-32-58-47(60-43)15-7-8-22-57-52(66)48(33-10-3-1-4-11-33)62-54(68)72-36-18-24-70-25-19-36)74-45-17-16-35(28-39(45)50(40)65)42-31-59-51(61-42)44-14-9-23-64(44)53(67)49(34-12-5-2-6-13-34)63-55(69)73-37-20-26-71-27-21-37/h1-6,10-13,16-17,28-32,36-37,44,48-49H,7-9,14-15,18-27H2,(H,57,66)(H,58,60)(H,59,61)(H,62,68)(H,63,69)/t44-,48+,49+/m0/s1. The number of amides is 4. The van der Waals surface area contributed by atoms with E-state index in [-0.39, 0.29) is 45.9 Å². The summed E-state index contributed by atoms with van der Waals surface area (Å²) in [6, 6.07) is 23.5. The molecular weight excluding hydrogens is 952 g/mol. The van der Waals surface area contributed by atoms with Crippen molar-refractivity contribution < 1.29 is 46.9 Å². The highest BCUT2D eigenvalue weighted by Gasteiger charge is 2.38. The first kappa shape index (κ1) is 49.7. The molecular formula is C55H57FN8O10. The van der Waals surface area contributed by atoms with Gasteiger partial charge in [-0.1, -0.05) is 60.7 Å². The molecule has 3 aromatic heterocycles. The molecule has 18 nitrogen and oxygen atoms in total. The minimum atomic E-state index is -0.983. The second kappa shape index (κ2) is 22.9. The second-order valence-electron chi connectivity index (χ2n) is 18.7. The molecule has 0 saturated carbocycles. The molecule has 5 N–H and O–H groups in total. The van der Waals surface area contributed by atoms with Gasteiger partial charge in [0, 0.05) is 56.3 Å². The van der Waals surface area contributed by atoms with Crippen LogP contribution in [0.15, 0.2) is 113 Å². The number of hydrogen-bond acceptors (Lipinski definition) is 12. The van der Waals surface area contributed by atoms with Gasteiger partial charge in [-0.25, -0.2) is 23.9 Å². The van der Waals surface area contributed by atoms with Gasteiger partial charge >= 0.3 is 12.2 Å². The lowest BCUT2D eigenvalue weighted by atomic mass is 10.0. The first-order valence-electron chi connectivity index (χ1n) is 25.2. The van der Waals surface area contributed by atoms with E-state index in [1.807, 2.05) is 24.3 Å². The largest absolute Gasteiger partial charge is 0.456 e. The Balaban J connectivity index is 0.772. The third kappa shape index (κ3) is 11.5. The molecule has 3 saturated heterocycles. The van der Waals surface area contributed by atoms with Crippen molar-refractivity contribution in [1.29, 1.82) is 0 Å². The lowest BCUT2D eigenvalue weighted by molar-refractivity contribution is -0.134. The summed E-state index contributed by atoms with van der Waals surface area (Å²) in [5.41, 5.74) is 3.19. The van der Waals surface area contributed by atoms with E-state index in [1.165, 1.54) is 18.3 Å². The monoisotopic (exact) mass is 1010 g/mol. The summed E-state index contributed by atoms with van der Waals surface area (Å²) >= 11 is 0. The number of fused-ring (bicyclic) bond motifs is 2. The van der Waals surface area contributed by atoms with E-state index < -0.39 is 41.6 Å². The molecule has 4 amide bonds. The first-order chi connectivity index (χ1) is 36.1. The average molecular weight is 1010 g/mol. The summed E-state index contributed by atoms with van der Waals surface area (Å²) in [6.45, 7) is 2.86. The van der Waals surface area contributed by atoms with E-state index in [0.29, 0.717) is 136 Å². The summed E-state index contributed by atoms with van der Waals surface area (Å²) in [7, 11) is 0. The molecule has 19 heteroatoms. The summed E-state index contributed by atoms with van der Waals surface area (Å²) < 4.78 is 44.1.